The molecule has 0 aliphatic carbocycles. The summed E-state index contributed by atoms with van der Waals surface area (Å²) in [5, 5.41) is 0. The molecule has 1 aromatic carbocycles. The molecule has 0 bridgehead atoms. The summed E-state index contributed by atoms with van der Waals surface area (Å²) in [7, 11) is 0. The zero-order chi connectivity index (χ0) is 8.10. The molecule has 0 amide bonds. The van der Waals surface area contributed by atoms with E-state index in [9.17, 15) is 4.39 Å². The first-order valence-corrected chi connectivity index (χ1v) is 3.62. The smallest absolute Gasteiger partial charge is 1.00 e. The number of hydrogen-bond donors (Lipinski definition) is 0. The number of benzene rings is 1. The van der Waals surface area contributed by atoms with Crippen molar-refractivity contribution in [3.05, 3.63) is 30.1 Å². The van der Waals surface area contributed by atoms with Crippen molar-refractivity contribution in [2.45, 2.75) is 13.3 Å². The molecule has 0 heterocycles. The van der Waals surface area contributed by atoms with Crippen LogP contribution in [0.3, 0.4) is 0 Å². The van der Waals surface area contributed by atoms with Crippen LogP contribution in [0.25, 0.3) is 0 Å². The van der Waals surface area contributed by atoms with Crippen LogP contribution in [0.4, 0.5) is 4.39 Å². The molecule has 0 saturated heterocycles. The molecule has 1 rings (SSSR count). The van der Waals surface area contributed by atoms with Crippen molar-refractivity contribution >= 4 is 23.1 Å². The average Bonchev–Trinajstić information content (AvgIpc) is 2.01. The standard InChI is InChI=1S/C9H10FO.BrH.Mg/c1-2-6-11-9-5-3-4-8(10)7-9;;/h4-5,7H,2,6H2,1H3;1H;/q-1;;+2/p-1. The van der Waals surface area contributed by atoms with Crippen LogP contribution >= 0.6 is 0 Å². The Kier molecular flexibility index (Phi) is 10.6. The second-order valence-corrected chi connectivity index (χ2v) is 2.24. The van der Waals surface area contributed by atoms with Crippen LogP contribution in [-0.4, -0.2) is 29.7 Å². The Morgan fingerprint density at radius 3 is 2.69 bits per heavy atom. The van der Waals surface area contributed by atoms with E-state index >= 15 is 0 Å². The van der Waals surface area contributed by atoms with E-state index in [1.165, 1.54) is 12.1 Å². The normalized spacial score (nSPS) is 8.15. The molecule has 1 aromatic rings. The number of rotatable bonds is 3. The van der Waals surface area contributed by atoms with E-state index in [2.05, 4.69) is 6.07 Å². The molecule has 4 heteroatoms. The van der Waals surface area contributed by atoms with Crippen LogP contribution in [0.5, 0.6) is 5.75 Å². The molecule has 0 aliphatic heterocycles. The fourth-order valence-electron chi connectivity index (χ4n) is 0.726. The van der Waals surface area contributed by atoms with Gasteiger partial charge in [-0.05, 0) is 6.42 Å². The van der Waals surface area contributed by atoms with Gasteiger partial charge in [0.1, 0.15) is 0 Å². The largest absolute Gasteiger partial charge is 2.00 e. The van der Waals surface area contributed by atoms with Gasteiger partial charge in [-0.1, -0.05) is 13.0 Å². The molecule has 0 spiro atoms. The maximum Gasteiger partial charge on any atom is 2.00 e. The summed E-state index contributed by atoms with van der Waals surface area (Å²) in [6.45, 7) is 2.63. The molecular formula is C9H10BrFMgO. The Balaban J connectivity index is 0. The van der Waals surface area contributed by atoms with E-state index in [4.69, 9.17) is 4.74 Å². The topological polar surface area (TPSA) is 9.23 Å². The van der Waals surface area contributed by atoms with Crippen LogP contribution < -0.4 is 21.7 Å². The van der Waals surface area contributed by atoms with Gasteiger partial charge in [0.05, 0.1) is 6.61 Å². The molecule has 0 aliphatic rings. The Morgan fingerprint density at radius 1 is 1.46 bits per heavy atom. The third-order valence-corrected chi connectivity index (χ3v) is 1.20. The summed E-state index contributed by atoms with van der Waals surface area (Å²) in [6.07, 6.45) is 0.927. The van der Waals surface area contributed by atoms with Gasteiger partial charge < -0.3 is 21.7 Å². The first-order chi connectivity index (χ1) is 5.33. The summed E-state index contributed by atoms with van der Waals surface area (Å²) in [5.41, 5.74) is 0. The van der Waals surface area contributed by atoms with Crippen LogP contribution in [0.15, 0.2) is 18.2 Å². The predicted octanol–water partition coefficient (Wildman–Crippen LogP) is -0.962. The Hall–Kier alpha value is 0.196. The van der Waals surface area contributed by atoms with Crippen LogP contribution in [0.2, 0.25) is 0 Å². The molecule has 0 atom stereocenters. The molecule has 0 unspecified atom stereocenters. The Morgan fingerprint density at radius 2 is 2.15 bits per heavy atom. The van der Waals surface area contributed by atoms with Crippen LogP contribution in [-0.2, 0) is 0 Å². The second kappa shape index (κ2) is 8.78. The Bertz CT molecular complexity index is 233. The monoisotopic (exact) mass is 256 g/mol. The fraction of sp³-hybridized carbons (Fsp3) is 0.333. The average molecular weight is 257 g/mol. The van der Waals surface area contributed by atoms with Gasteiger partial charge in [0, 0.05) is 11.6 Å². The first kappa shape index (κ1) is 15.7. The van der Waals surface area contributed by atoms with Gasteiger partial charge in [-0.3, -0.25) is 4.39 Å². The molecule has 1 nitrogen and oxygen atoms in total. The van der Waals surface area contributed by atoms with Gasteiger partial charge in [-0.25, -0.2) is 0 Å². The SMILES string of the molecule is CCCOc1c[c-]cc(F)c1.[Br-].[Mg+2]. The zero-order valence-electron chi connectivity index (χ0n) is 7.52. The third-order valence-electron chi connectivity index (χ3n) is 1.20. The van der Waals surface area contributed by atoms with E-state index in [-0.39, 0.29) is 45.9 Å². The molecule has 0 radical (unpaired) electrons. The van der Waals surface area contributed by atoms with Crippen molar-refractivity contribution in [3.8, 4) is 5.75 Å². The molecule has 0 N–H and O–H groups in total. The van der Waals surface area contributed by atoms with E-state index in [1.54, 1.807) is 6.07 Å². The summed E-state index contributed by atoms with van der Waals surface area (Å²) >= 11 is 0. The minimum absolute atomic E-state index is 0. The van der Waals surface area contributed by atoms with Gasteiger partial charge >= 0.3 is 23.1 Å². The quantitative estimate of drug-likeness (QED) is 0.500. The summed E-state index contributed by atoms with van der Waals surface area (Å²) in [6, 6.07) is 6.89. The molecule has 0 aromatic heterocycles. The molecule has 13 heavy (non-hydrogen) atoms. The summed E-state index contributed by atoms with van der Waals surface area (Å²) in [5.74, 6) is 0.241. The van der Waals surface area contributed by atoms with E-state index in [0.29, 0.717) is 12.4 Å². The number of halogens is 2. The fourth-order valence-corrected chi connectivity index (χ4v) is 0.726. The predicted molar refractivity (Wildman–Crippen MR) is 46.8 cm³/mol. The van der Waals surface area contributed by atoms with Crippen LogP contribution in [0.1, 0.15) is 13.3 Å². The van der Waals surface area contributed by atoms with Crippen molar-refractivity contribution in [1.82, 2.24) is 0 Å². The summed E-state index contributed by atoms with van der Waals surface area (Å²) < 4.78 is 17.6. The van der Waals surface area contributed by atoms with Gasteiger partial charge in [-0.15, -0.1) is 12.1 Å². The number of hydrogen-bond acceptors (Lipinski definition) is 1. The maximum atomic E-state index is 12.5. The van der Waals surface area contributed by atoms with Crippen LogP contribution in [0, 0.1) is 11.9 Å². The third kappa shape index (κ3) is 6.29. The number of ether oxygens (including phenoxy) is 1. The minimum atomic E-state index is -0.307. The van der Waals surface area contributed by atoms with Gasteiger partial charge in [0.2, 0.25) is 0 Å². The molecule has 0 saturated carbocycles. The van der Waals surface area contributed by atoms with Crippen molar-refractivity contribution in [3.63, 3.8) is 0 Å². The Labute approximate surface area is 105 Å². The first-order valence-electron chi connectivity index (χ1n) is 3.62. The maximum absolute atomic E-state index is 12.5. The van der Waals surface area contributed by atoms with Crippen molar-refractivity contribution < 1.29 is 26.1 Å². The molecule has 68 valence electrons. The van der Waals surface area contributed by atoms with Crippen molar-refractivity contribution in [2.75, 3.05) is 6.61 Å². The minimum Gasteiger partial charge on any atom is -1.00 e. The summed E-state index contributed by atoms with van der Waals surface area (Å²) in [4.78, 5) is 0. The van der Waals surface area contributed by atoms with E-state index in [0.717, 1.165) is 6.42 Å². The van der Waals surface area contributed by atoms with E-state index in [1.807, 2.05) is 6.92 Å². The second-order valence-electron chi connectivity index (χ2n) is 2.24. The van der Waals surface area contributed by atoms with Crippen molar-refractivity contribution in [1.29, 1.82) is 0 Å². The molecular weight excluding hydrogens is 247 g/mol. The molecule has 0 fully saturated rings. The van der Waals surface area contributed by atoms with Gasteiger partial charge in [0.15, 0.2) is 0 Å². The zero-order valence-corrected chi connectivity index (χ0v) is 10.5. The van der Waals surface area contributed by atoms with Gasteiger partial charge in [-0.2, -0.15) is 6.07 Å². The van der Waals surface area contributed by atoms with Crippen molar-refractivity contribution in [2.24, 2.45) is 0 Å². The van der Waals surface area contributed by atoms with E-state index < -0.39 is 0 Å². The van der Waals surface area contributed by atoms with Gasteiger partial charge in [0.25, 0.3) is 0 Å².